The molecule has 2 amide bonds. The Morgan fingerprint density at radius 1 is 1.30 bits per heavy atom. The molecule has 1 rings (SSSR count). The Morgan fingerprint density at radius 3 is 2.48 bits per heavy atom. The van der Waals surface area contributed by atoms with Gasteiger partial charge in [-0.3, -0.25) is 24.6 Å². The highest BCUT2D eigenvalue weighted by Gasteiger charge is 2.17. The molecule has 0 aromatic heterocycles. The molecule has 126 valence electrons. The van der Waals surface area contributed by atoms with E-state index in [0.29, 0.717) is 0 Å². The third-order valence-electron chi connectivity index (χ3n) is 2.71. The number of likely N-dealkylation sites (N-methyl/N-ethyl adjacent to an activating group) is 1. The number of nitrogens with zero attached hydrogens (tertiary/aromatic N) is 2. The van der Waals surface area contributed by atoms with E-state index in [1.165, 1.54) is 23.1 Å². The molecule has 1 aromatic carbocycles. The molecule has 0 spiro atoms. The van der Waals surface area contributed by atoms with Crippen LogP contribution in [0, 0.1) is 10.1 Å². The van der Waals surface area contributed by atoms with E-state index in [4.69, 9.17) is 11.6 Å². The summed E-state index contributed by atoms with van der Waals surface area (Å²) in [5.41, 5.74) is -0.226. The number of carbonyl (C=O) groups excluding carboxylic acids is 2. The van der Waals surface area contributed by atoms with Crippen molar-refractivity contribution in [2.45, 2.75) is 19.9 Å². The van der Waals surface area contributed by atoms with Crippen LogP contribution in [0.3, 0.4) is 0 Å². The topological polar surface area (TPSA) is 105 Å². The standard InChI is InChI=1S/C14H19ClN4O4/c1-9(2)16-13(20)7-18(3)8-14(21)17-11-6-10(15)4-5-12(11)19(22)23/h4-6,9H,7-8H2,1-3H3,(H,16,20)(H,17,21). The quantitative estimate of drug-likeness (QED) is 0.579. The van der Waals surface area contributed by atoms with Gasteiger partial charge in [0.1, 0.15) is 5.69 Å². The molecule has 0 saturated carbocycles. The van der Waals surface area contributed by atoms with Crippen LogP contribution in [-0.4, -0.2) is 47.8 Å². The number of benzene rings is 1. The fourth-order valence-electron chi connectivity index (χ4n) is 1.87. The van der Waals surface area contributed by atoms with Crippen LogP contribution in [0.1, 0.15) is 13.8 Å². The van der Waals surface area contributed by atoms with Crippen LogP contribution in [-0.2, 0) is 9.59 Å². The molecule has 0 radical (unpaired) electrons. The third kappa shape index (κ3) is 6.62. The Balaban J connectivity index is 2.65. The summed E-state index contributed by atoms with van der Waals surface area (Å²) < 4.78 is 0. The smallest absolute Gasteiger partial charge is 0.292 e. The molecule has 9 heteroatoms. The van der Waals surface area contributed by atoms with Gasteiger partial charge in [-0.05, 0) is 33.0 Å². The summed E-state index contributed by atoms with van der Waals surface area (Å²) >= 11 is 5.79. The molecular formula is C14H19ClN4O4. The average molecular weight is 343 g/mol. The maximum absolute atomic E-state index is 12.0. The highest BCUT2D eigenvalue weighted by atomic mass is 35.5. The van der Waals surface area contributed by atoms with Crippen molar-refractivity contribution in [1.82, 2.24) is 10.2 Å². The highest BCUT2D eigenvalue weighted by molar-refractivity contribution is 6.31. The lowest BCUT2D eigenvalue weighted by Gasteiger charge is -2.17. The highest BCUT2D eigenvalue weighted by Crippen LogP contribution is 2.27. The van der Waals surface area contributed by atoms with Crippen LogP contribution in [0.4, 0.5) is 11.4 Å². The van der Waals surface area contributed by atoms with E-state index in [9.17, 15) is 19.7 Å². The summed E-state index contributed by atoms with van der Waals surface area (Å²) in [6, 6.07) is 3.91. The lowest BCUT2D eigenvalue weighted by Crippen LogP contribution is -2.41. The largest absolute Gasteiger partial charge is 0.353 e. The first kappa shape index (κ1) is 18.9. The lowest BCUT2D eigenvalue weighted by atomic mass is 10.2. The molecule has 0 aliphatic heterocycles. The van der Waals surface area contributed by atoms with Gasteiger partial charge in [-0.2, -0.15) is 0 Å². The van der Waals surface area contributed by atoms with E-state index in [1.54, 1.807) is 7.05 Å². The summed E-state index contributed by atoms with van der Waals surface area (Å²) in [4.78, 5) is 35.4. The minimum atomic E-state index is -0.605. The second-order valence-corrected chi connectivity index (χ2v) is 5.80. The maximum atomic E-state index is 12.0. The van der Waals surface area contributed by atoms with Crippen LogP contribution >= 0.6 is 11.6 Å². The van der Waals surface area contributed by atoms with Gasteiger partial charge in [0, 0.05) is 17.1 Å². The van der Waals surface area contributed by atoms with Crippen LogP contribution in [0.15, 0.2) is 18.2 Å². The van der Waals surface area contributed by atoms with Gasteiger partial charge in [-0.15, -0.1) is 0 Å². The molecule has 23 heavy (non-hydrogen) atoms. The first-order valence-corrected chi connectivity index (χ1v) is 7.28. The van der Waals surface area contributed by atoms with Crippen LogP contribution < -0.4 is 10.6 Å². The zero-order chi connectivity index (χ0) is 17.6. The van der Waals surface area contributed by atoms with Crippen molar-refractivity contribution >= 4 is 34.8 Å². The van der Waals surface area contributed by atoms with Crippen molar-refractivity contribution in [3.63, 3.8) is 0 Å². The van der Waals surface area contributed by atoms with Crippen molar-refractivity contribution in [2.75, 3.05) is 25.5 Å². The number of nitrogens with one attached hydrogen (secondary N) is 2. The van der Waals surface area contributed by atoms with Gasteiger partial charge in [0.2, 0.25) is 11.8 Å². The number of halogens is 1. The monoisotopic (exact) mass is 342 g/mol. The first-order chi connectivity index (χ1) is 10.7. The fourth-order valence-corrected chi connectivity index (χ4v) is 2.04. The van der Waals surface area contributed by atoms with Gasteiger partial charge < -0.3 is 10.6 Å². The van der Waals surface area contributed by atoms with Crippen molar-refractivity contribution < 1.29 is 14.5 Å². The Bertz CT molecular complexity index is 606. The lowest BCUT2D eigenvalue weighted by molar-refractivity contribution is -0.383. The summed E-state index contributed by atoms with van der Waals surface area (Å²) in [6.07, 6.45) is 0. The Kier molecular flexibility index (Phi) is 6.92. The number of anilines is 1. The zero-order valence-corrected chi connectivity index (χ0v) is 13.9. The first-order valence-electron chi connectivity index (χ1n) is 6.90. The van der Waals surface area contributed by atoms with Crippen molar-refractivity contribution in [3.8, 4) is 0 Å². The van der Waals surface area contributed by atoms with E-state index in [-0.39, 0.29) is 41.4 Å². The third-order valence-corrected chi connectivity index (χ3v) is 2.94. The van der Waals surface area contributed by atoms with Crippen LogP contribution in [0.5, 0.6) is 0 Å². The molecule has 0 heterocycles. The number of hydrogen-bond donors (Lipinski definition) is 2. The molecule has 0 aliphatic rings. The van der Waals surface area contributed by atoms with Gasteiger partial charge in [-0.25, -0.2) is 0 Å². The number of amides is 2. The number of carbonyl (C=O) groups is 2. The molecule has 0 saturated heterocycles. The van der Waals surface area contributed by atoms with E-state index in [2.05, 4.69) is 10.6 Å². The normalized spacial score (nSPS) is 10.7. The number of hydrogen-bond acceptors (Lipinski definition) is 5. The minimum Gasteiger partial charge on any atom is -0.353 e. The number of rotatable bonds is 7. The minimum absolute atomic E-state index is 0.0128. The predicted molar refractivity (Wildman–Crippen MR) is 87.5 cm³/mol. The SMILES string of the molecule is CC(C)NC(=O)CN(C)CC(=O)Nc1cc(Cl)ccc1[N+](=O)[O-]. The number of nitro benzene ring substituents is 1. The second-order valence-electron chi connectivity index (χ2n) is 5.36. The molecule has 0 unspecified atom stereocenters. The van der Waals surface area contributed by atoms with E-state index in [0.717, 1.165) is 0 Å². The fraction of sp³-hybridized carbons (Fsp3) is 0.429. The van der Waals surface area contributed by atoms with E-state index in [1.807, 2.05) is 13.8 Å². The van der Waals surface area contributed by atoms with Crippen LogP contribution in [0.25, 0.3) is 0 Å². The van der Waals surface area contributed by atoms with Gasteiger partial charge in [0.25, 0.3) is 5.69 Å². The molecular weight excluding hydrogens is 324 g/mol. The average Bonchev–Trinajstić information content (AvgIpc) is 2.36. The van der Waals surface area contributed by atoms with E-state index >= 15 is 0 Å². The van der Waals surface area contributed by atoms with Crippen molar-refractivity contribution in [1.29, 1.82) is 0 Å². The summed E-state index contributed by atoms with van der Waals surface area (Å²) in [6.45, 7) is 3.63. The molecule has 0 bridgehead atoms. The summed E-state index contributed by atoms with van der Waals surface area (Å²) in [5, 5.41) is 16.4. The molecule has 0 aliphatic carbocycles. The maximum Gasteiger partial charge on any atom is 0.292 e. The van der Waals surface area contributed by atoms with Crippen LogP contribution in [0.2, 0.25) is 5.02 Å². The van der Waals surface area contributed by atoms with Crippen molar-refractivity contribution in [3.05, 3.63) is 33.3 Å². The Hall–Kier alpha value is -2.19. The number of nitro groups is 1. The zero-order valence-electron chi connectivity index (χ0n) is 13.1. The van der Waals surface area contributed by atoms with Crippen molar-refractivity contribution in [2.24, 2.45) is 0 Å². The summed E-state index contributed by atoms with van der Waals surface area (Å²) in [5.74, 6) is -0.681. The van der Waals surface area contributed by atoms with Gasteiger partial charge >= 0.3 is 0 Å². The molecule has 0 atom stereocenters. The molecule has 2 N–H and O–H groups in total. The van der Waals surface area contributed by atoms with Gasteiger partial charge in [0.15, 0.2) is 0 Å². The Labute approximate surface area is 138 Å². The summed E-state index contributed by atoms with van der Waals surface area (Å²) in [7, 11) is 1.60. The second kappa shape index (κ2) is 8.44. The van der Waals surface area contributed by atoms with Gasteiger partial charge in [0.05, 0.1) is 18.0 Å². The van der Waals surface area contributed by atoms with Gasteiger partial charge in [-0.1, -0.05) is 11.6 Å². The molecule has 1 aromatic rings. The predicted octanol–water partition coefficient (Wildman–Crippen LogP) is 1.64. The van der Waals surface area contributed by atoms with E-state index < -0.39 is 10.8 Å². The molecule has 8 nitrogen and oxygen atoms in total. The Morgan fingerprint density at radius 2 is 1.91 bits per heavy atom. The molecule has 0 fully saturated rings.